The zero-order chi connectivity index (χ0) is 0. The molecule has 0 amide bonds. The molecule has 0 rings (SSSR count). The van der Waals surface area contributed by atoms with Gasteiger partial charge in [-0.05, 0) is 0 Å². The SMILES string of the molecule is S.[GaH3].[SrH2].[Zn]. The van der Waals surface area contributed by atoms with Crippen LogP contribution in [0.5, 0.6) is 0 Å². The van der Waals surface area contributed by atoms with E-state index in [1.807, 2.05) is 0 Å². The van der Waals surface area contributed by atoms with Crippen LogP contribution in [-0.2, 0) is 19.5 Å². The van der Waals surface area contributed by atoms with Gasteiger partial charge in [-0.1, -0.05) is 0 Å². The van der Waals surface area contributed by atoms with Crippen LogP contribution in [0, 0.1) is 0 Å². The van der Waals surface area contributed by atoms with Crippen molar-refractivity contribution in [3.8, 4) is 0 Å². The zero-order valence-electron chi connectivity index (χ0n) is 1.21. The third-order valence-corrected chi connectivity index (χ3v) is 0. The molecular weight excluding hydrogens is 255 g/mol. The smallest absolute Gasteiger partial charge is 0 e. The molecule has 20 valence electrons. The Kier molecular flexibility index (Phi) is 114. The van der Waals surface area contributed by atoms with E-state index in [1.165, 1.54) is 0 Å². The van der Waals surface area contributed by atoms with Crippen molar-refractivity contribution < 1.29 is 19.5 Å². The number of rotatable bonds is 0. The summed E-state index contributed by atoms with van der Waals surface area (Å²) in [6.45, 7) is 0. The summed E-state index contributed by atoms with van der Waals surface area (Å²) >= 11 is 0. The van der Waals surface area contributed by atoms with Gasteiger partial charge >= 0.3 is 65.3 Å². The fraction of sp³-hybridized carbons (Fsp3) is 0. The first-order chi connectivity index (χ1) is 0. The normalized spacial score (nSPS) is 0. The molecule has 0 spiro atoms. The molecule has 0 aliphatic carbocycles. The van der Waals surface area contributed by atoms with E-state index in [2.05, 4.69) is 0 Å². The molecule has 0 saturated heterocycles. The zero-order valence-corrected chi connectivity index (χ0v) is 5.17. The third-order valence-electron chi connectivity index (χ3n) is 0. The maximum Gasteiger partial charge on any atom is 0 e. The Morgan fingerprint density at radius 1 is 1.00 bits per heavy atom. The minimum atomic E-state index is 0. The molecule has 0 heterocycles. The quantitative estimate of drug-likeness (QED) is 0.443. The van der Waals surface area contributed by atoms with Gasteiger partial charge in [-0.2, -0.15) is 13.5 Å². The van der Waals surface area contributed by atoms with Crippen molar-refractivity contribution in [2.24, 2.45) is 0 Å². The maximum atomic E-state index is 0. The van der Waals surface area contributed by atoms with Gasteiger partial charge in [0.15, 0.2) is 0 Å². The summed E-state index contributed by atoms with van der Waals surface area (Å²) in [6.07, 6.45) is 0. The van der Waals surface area contributed by atoms with Gasteiger partial charge in [0.05, 0.1) is 0 Å². The molecule has 0 radical (unpaired) electrons. The average molecular weight is 262 g/mol. The van der Waals surface area contributed by atoms with E-state index < -0.39 is 0 Å². The van der Waals surface area contributed by atoms with Gasteiger partial charge < -0.3 is 0 Å². The standard InChI is InChI=1S/Ga.H2S.Sr.Zn.5H/h;1H2;;;;;;;. The van der Waals surface area contributed by atoms with Crippen LogP contribution in [0.2, 0.25) is 0 Å². The van der Waals surface area contributed by atoms with Gasteiger partial charge in [-0.15, -0.1) is 0 Å². The Labute approximate surface area is 96.0 Å². The van der Waals surface area contributed by atoms with Crippen molar-refractivity contribution in [2.45, 2.75) is 0 Å². The van der Waals surface area contributed by atoms with Crippen molar-refractivity contribution >= 4 is 78.8 Å². The van der Waals surface area contributed by atoms with E-state index in [9.17, 15) is 0 Å². The molecule has 4 heavy (non-hydrogen) atoms. The van der Waals surface area contributed by atoms with Crippen LogP contribution in [0.3, 0.4) is 0 Å². The predicted octanol–water partition coefficient (Wildman–Crippen LogP) is -1.99. The van der Waals surface area contributed by atoms with E-state index in [-0.39, 0.29) is 98.2 Å². The topological polar surface area (TPSA) is 0 Å². The van der Waals surface area contributed by atoms with Crippen LogP contribution in [0.1, 0.15) is 0 Å². The molecule has 0 bridgehead atoms. The Bertz CT molecular complexity index is 8.00. The van der Waals surface area contributed by atoms with Crippen LogP contribution >= 0.6 is 13.5 Å². The second-order valence-corrected chi connectivity index (χ2v) is 0. The molecule has 0 saturated carbocycles. The number of hydrogen-bond donors (Lipinski definition) is 0. The van der Waals surface area contributed by atoms with Gasteiger partial charge in [-0.25, -0.2) is 0 Å². The fourth-order valence-electron chi connectivity index (χ4n) is 0. The summed E-state index contributed by atoms with van der Waals surface area (Å²) in [7, 11) is 0. The Morgan fingerprint density at radius 3 is 1.00 bits per heavy atom. The van der Waals surface area contributed by atoms with Crippen LogP contribution in [0.15, 0.2) is 0 Å². The van der Waals surface area contributed by atoms with Crippen molar-refractivity contribution in [2.75, 3.05) is 0 Å². The first kappa shape index (κ1) is 27.5. The van der Waals surface area contributed by atoms with Gasteiger partial charge in [0.2, 0.25) is 0 Å². The van der Waals surface area contributed by atoms with Crippen LogP contribution < -0.4 is 0 Å². The Morgan fingerprint density at radius 2 is 1.00 bits per heavy atom. The minimum Gasteiger partial charge on any atom is 0 e. The second kappa shape index (κ2) is 16.5. The first-order valence-electron chi connectivity index (χ1n) is 0. The largest absolute Gasteiger partial charge is 0 e. The average Bonchev–Trinajstić information content (AvgIpc) is 0. The molecule has 0 aromatic heterocycles. The van der Waals surface area contributed by atoms with E-state index >= 15 is 0 Å². The molecule has 0 unspecified atom stereocenters. The summed E-state index contributed by atoms with van der Waals surface area (Å²) < 4.78 is 0. The van der Waals surface area contributed by atoms with Gasteiger partial charge in [0, 0.05) is 19.5 Å². The number of hydrogen-bond acceptors (Lipinski definition) is 0. The summed E-state index contributed by atoms with van der Waals surface area (Å²) in [5.41, 5.74) is 0. The Balaban J connectivity index is 0. The molecular formula is H7GaSSrZn. The third kappa shape index (κ3) is 8.92. The van der Waals surface area contributed by atoms with Crippen LogP contribution in [-0.4, -0.2) is 65.3 Å². The van der Waals surface area contributed by atoms with E-state index in [0.717, 1.165) is 0 Å². The van der Waals surface area contributed by atoms with Crippen LogP contribution in [0.4, 0.5) is 0 Å². The minimum absolute atomic E-state index is 0. The van der Waals surface area contributed by atoms with Crippen molar-refractivity contribution in [3.63, 3.8) is 0 Å². The molecule has 0 fully saturated rings. The van der Waals surface area contributed by atoms with Crippen LogP contribution in [0.25, 0.3) is 0 Å². The monoisotopic (exact) mass is 260 g/mol. The van der Waals surface area contributed by atoms with Crippen molar-refractivity contribution in [3.05, 3.63) is 0 Å². The van der Waals surface area contributed by atoms with Crippen molar-refractivity contribution in [1.29, 1.82) is 0 Å². The van der Waals surface area contributed by atoms with Crippen molar-refractivity contribution in [1.82, 2.24) is 0 Å². The van der Waals surface area contributed by atoms with Gasteiger partial charge in [0.1, 0.15) is 0 Å². The second-order valence-electron chi connectivity index (χ2n) is 0. The molecule has 4 heteroatoms. The predicted molar refractivity (Wildman–Crippen MR) is 28.9 cm³/mol. The molecule has 0 aliphatic heterocycles. The van der Waals surface area contributed by atoms with E-state index in [4.69, 9.17) is 0 Å². The van der Waals surface area contributed by atoms with Gasteiger partial charge in [-0.3, -0.25) is 0 Å². The first-order valence-corrected chi connectivity index (χ1v) is 0. The van der Waals surface area contributed by atoms with E-state index in [1.54, 1.807) is 0 Å². The summed E-state index contributed by atoms with van der Waals surface area (Å²) in [4.78, 5) is 0. The summed E-state index contributed by atoms with van der Waals surface area (Å²) in [5, 5.41) is 0. The Hall–Kier alpha value is 3.09. The molecule has 0 aromatic carbocycles. The fourth-order valence-corrected chi connectivity index (χ4v) is 0. The maximum absolute atomic E-state index is 0. The summed E-state index contributed by atoms with van der Waals surface area (Å²) in [6, 6.07) is 0. The van der Waals surface area contributed by atoms with Gasteiger partial charge in [0.25, 0.3) is 0 Å². The molecule has 0 N–H and O–H groups in total. The van der Waals surface area contributed by atoms with E-state index in [0.29, 0.717) is 0 Å². The molecule has 0 aromatic rings. The summed E-state index contributed by atoms with van der Waals surface area (Å²) in [5.74, 6) is 0. The molecule has 0 atom stereocenters. The molecule has 0 nitrogen and oxygen atoms in total. The molecule has 0 aliphatic rings.